The first-order valence-electron chi connectivity index (χ1n) is 14.8. The predicted octanol–water partition coefficient (Wildman–Crippen LogP) is 5.68. The van der Waals surface area contributed by atoms with E-state index in [9.17, 15) is 4.79 Å². The van der Waals surface area contributed by atoms with Crippen molar-refractivity contribution in [1.82, 2.24) is 19.5 Å². The maximum absolute atomic E-state index is 13.5. The second-order valence-corrected chi connectivity index (χ2v) is 24.2. The minimum Gasteiger partial charge on any atom is -0.479 e. The summed E-state index contributed by atoms with van der Waals surface area (Å²) in [6, 6.07) is 0. The fraction of sp³-hybridized carbons (Fsp3) is 0.786. The second kappa shape index (κ2) is 11.2. The molecule has 0 radical (unpaired) electrons. The molecule has 1 aliphatic heterocycles. The van der Waals surface area contributed by atoms with Gasteiger partial charge in [0.05, 0.1) is 25.5 Å². The van der Waals surface area contributed by atoms with Gasteiger partial charge >= 0.3 is 5.97 Å². The third-order valence-corrected chi connectivity index (χ3v) is 17.6. The molecule has 1 saturated heterocycles. The molecule has 2 N–H and O–H groups in total. The largest absolute Gasteiger partial charge is 0.479 e. The van der Waals surface area contributed by atoms with Crippen LogP contribution in [-0.4, -0.2) is 74.2 Å². The number of esters is 1. The van der Waals surface area contributed by atoms with E-state index in [1.54, 1.807) is 24.7 Å². The van der Waals surface area contributed by atoms with E-state index in [4.69, 9.17) is 30.2 Å². The van der Waals surface area contributed by atoms with Crippen LogP contribution in [0.5, 0.6) is 5.88 Å². The molecule has 0 saturated carbocycles. The Bertz CT molecular complexity index is 1270. The number of imidazole rings is 1. The Balaban J connectivity index is 2.17. The standard InChI is InChI=1S/C28H51N5O6Si2/c1-26(2,3)24(34)38-20-19(39-41(13,14)28(7,8)9)17(15-36-40(11,12)27(4,5)6)37-23(20)33-16-30-18-21(33)31-25(29)32-22(18)35-10/h16-17,19-20,23H,15H2,1-14H3,(H2,29,31,32)/t17-,19-,20+,23?/m1/s1/i1D. The molecule has 4 atom stereocenters. The van der Waals surface area contributed by atoms with Crippen LogP contribution in [0.15, 0.2) is 6.33 Å². The monoisotopic (exact) mass is 610 g/mol. The number of rotatable bonds is 8. The lowest BCUT2D eigenvalue weighted by atomic mass is 9.97. The van der Waals surface area contributed by atoms with Gasteiger partial charge in [0.25, 0.3) is 0 Å². The molecule has 1 unspecified atom stereocenters. The van der Waals surface area contributed by atoms with Crippen LogP contribution in [-0.2, 0) is 23.1 Å². The van der Waals surface area contributed by atoms with Crippen molar-refractivity contribution in [2.45, 2.75) is 123 Å². The number of nitrogens with zero attached hydrogens (tertiary/aromatic N) is 4. The molecule has 0 aromatic carbocycles. The van der Waals surface area contributed by atoms with Gasteiger partial charge in [-0.3, -0.25) is 9.36 Å². The van der Waals surface area contributed by atoms with Crippen LogP contribution in [0.25, 0.3) is 11.2 Å². The van der Waals surface area contributed by atoms with E-state index in [1.165, 1.54) is 7.11 Å². The molecule has 0 bridgehead atoms. The Morgan fingerprint density at radius 2 is 1.66 bits per heavy atom. The molecule has 2 aromatic rings. The third kappa shape index (κ3) is 6.95. The van der Waals surface area contributed by atoms with Gasteiger partial charge in [0, 0.05) is 1.37 Å². The summed E-state index contributed by atoms with van der Waals surface area (Å²) >= 11 is 0. The van der Waals surface area contributed by atoms with Crippen LogP contribution in [0.2, 0.25) is 36.3 Å². The fourth-order valence-corrected chi connectivity index (χ4v) is 6.21. The molecule has 0 amide bonds. The number of carbonyl (C=O) groups is 1. The highest BCUT2D eigenvalue weighted by molar-refractivity contribution is 6.74. The lowest BCUT2D eigenvalue weighted by molar-refractivity contribution is -0.167. The van der Waals surface area contributed by atoms with Crippen LogP contribution in [0.3, 0.4) is 0 Å². The van der Waals surface area contributed by atoms with Crippen LogP contribution in [0.1, 0.15) is 69.9 Å². The zero-order chi connectivity index (χ0) is 32.1. The first-order valence-corrected chi connectivity index (χ1v) is 19.9. The van der Waals surface area contributed by atoms with E-state index in [1.807, 2.05) is 0 Å². The highest BCUT2D eigenvalue weighted by atomic mass is 28.4. The Kier molecular flexibility index (Phi) is 8.71. The van der Waals surface area contributed by atoms with Gasteiger partial charge in [0.1, 0.15) is 12.2 Å². The Hall–Kier alpha value is -2.07. The average molecular weight is 611 g/mol. The Labute approximate surface area is 248 Å². The summed E-state index contributed by atoms with van der Waals surface area (Å²) in [6.45, 7) is 25.2. The number of anilines is 1. The zero-order valence-electron chi connectivity index (χ0n) is 28.1. The summed E-state index contributed by atoms with van der Waals surface area (Å²) in [7, 11) is -3.09. The molecule has 41 heavy (non-hydrogen) atoms. The second-order valence-electron chi connectivity index (χ2n) is 14.6. The first kappa shape index (κ1) is 31.9. The van der Waals surface area contributed by atoms with Gasteiger partial charge in [0.15, 0.2) is 40.1 Å². The number of hydrogen-bond acceptors (Lipinski definition) is 10. The smallest absolute Gasteiger partial charge is 0.311 e. The highest BCUT2D eigenvalue weighted by Crippen LogP contribution is 2.44. The van der Waals surface area contributed by atoms with Gasteiger partial charge < -0.3 is 28.8 Å². The summed E-state index contributed by atoms with van der Waals surface area (Å²) in [6.07, 6.45) is -1.39. The van der Waals surface area contributed by atoms with Crippen LogP contribution < -0.4 is 10.5 Å². The number of hydrogen-bond donors (Lipinski definition) is 1. The summed E-state index contributed by atoms with van der Waals surface area (Å²) in [5, 5.41) is -0.141. The summed E-state index contributed by atoms with van der Waals surface area (Å²) in [5.41, 5.74) is 5.76. The third-order valence-electron chi connectivity index (χ3n) is 8.61. The molecule has 1 fully saturated rings. The van der Waals surface area contributed by atoms with E-state index in [2.05, 4.69) is 82.7 Å². The number of methoxy groups -OCH3 is 1. The minimum atomic E-state index is -2.41. The Morgan fingerprint density at radius 3 is 2.20 bits per heavy atom. The van der Waals surface area contributed by atoms with E-state index < -0.39 is 52.6 Å². The van der Waals surface area contributed by atoms with Crippen LogP contribution in [0.4, 0.5) is 5.95 Å². The van der Waals surface area contributed by atoms with Crippen molar-refractivity contribution in [1.29, 1.82) is 0 Å². The van der Waals surface area contributed by atoms with Gasteiger partial charge in [-0.2, -0.15) is 9.97 Å². The fourth-order valence-electron chi connectivity index (χ4n) is 3.88. The number of aromatic nitrogens is 4. The van der Waals surface area contributed by atoms with Gasteiger partial charge in [-0.15, -0.1) is 0 Å². The van der Waals surface area contributed by atoms with Gasteiger partial charge in [0.2, 0.25) is 11.8 Å². The molecule has 2 aromatic heterocycles. The Morgan fingerprint density at radius 1 is 1.05 bits per heavy atom. The lowest BCUT2D eigenvalue weighted by Gasteiger charge is -2.41. The number of fused-ring (bicyclic) bond motifs is 1. The van der Waals surface area contributed by atoms with Gasteiger partial charge in [-0.1, -0.05) is 41.5 Å². The van der Waals surface area contributed by atoms with Gasteiger partial charge in [-0.05, 0) is 57.0 Å². The molecule has 3 heterocycles. The number of nitrogens with two attached hydrogens (primary N) is 1. The van der Waals surface area contributed by atoms with Crippen molar-refractivity contribution < 1.29 is 29.2 Å². The van der Waals surface area contributed by atoms with E-state index in [-0.39, 0.29) is 35.4 Å². The van der Waals surface area contributed by atoms with Crippen molar-refractivity contribution in [3.8, 4) is 5.88 Å². The normalized spacial score (nSPS) is 23.1. The molecule has 1 aliphatic rings. The van der Waals surface area contributed by atoms with E-state index in [0.29, 0.717) is 11.2 Å². The molecule has 232 valence electrons. The molecule has 3 rings (SSSR count). The molecule has 0 spiro atoms. The average Bonchev–Trinajstić information content (AvgIpc) is 3.41. The van der Waals surface area contributed by atoms with Crippen LogP contribution in [0, 0.1) is 5.41 Å². The van der Waals surface area contributed by atoms with Crippen molar-refractivity contribution in [2.75, 3.05) is 19.5 Å². The summed E-state index contributed by atoms with van der Waals surface area (Å²) < 4.78 is 41.7. The quantitative estimate of drug-likeness (QED) is 0.294. The predicted molar refractivity (Wildman–Crippen MR) is 165 cm³/mol. The van der Waals surface area contributed by atoms with Crippen molar-refractivity contribution in [3.63, 3.8) is 0 Å². The van der Waals surface area contributed by atoms with Crippen molar-refractivity contribution >= 4 is 39.7 Å². The number of carbonyl (C=O) groups excluding carboxylic acids is 1. The zero-order valence-corrected chi connectivity index (χ0v) is 29.1. The SMILES string of the molecule is [2H]CC(C)(C)C(=O)O[C@@H]1C(n2cnc3c(OC)nc(N)nc32)O[C@H](CO[Si](C)(C)C(C)(C)C)[C@H]1O[Si](C)(C)C(C)(C)C. The van der Waals surface area contributed by atoms with Crippen molar-refractivity contribution in [2.24, 2.45) is 5.41 Å². The van der Waals surface area contributed by atoms with E-state index >= 15 is 0 Å². The molecular weight excluding hydrogens is 559 g/mol. The summed E-state index contributed by atoms with van der Waals surface area (Å²) in [5.74, 6) is -0.276. The van der Waals surface area contributed by atoms with Crippen LogP contribution >= 0.6 is 0 Å². The number of ether oxygens (including phenoxy) is 3. The first-order chi connectivity index (χ1) is 19.1. The maximum atomic E-state index is 13.5. The molecule has 13 heteroatoms. The highest BCUT2D eigenvalue weighted by Gasteiger charge is 2.54. The number of nitrogen functional groups attached to an aromatic ring is 1. The summed E-state index contributed by atoms with van der Waals surface area (Å²) in [4.78, 5) is 26.5. The molecular formula is C28H51N5O6Si2. The molecule has 11 nitrogen and oxygen atoms in total. The topological polar surface area (TPSA) is 133 Å². The van der Waals surface area contributed by atoms with E-state index in [0.717, 1.165) is 0 Å². The minimum absolute atomic E-state index is 0.00913. The molecule has 0 aliphatic carbocycles. The van der Waals surface area contributed by atoms with Crippen molar-refractivity contribution in [3.05, 3.63) is 6.33 Å². The van der Waals surface area contributed by atoms with Gasteiger partial charge in [-0.25, -0.2) is 4.98 Å². The lowest BCUT2D eigenvalue weighted by Crippen LogP contribution is -2.52. The maximum Gasteiger partial charge on any atom is 0.311 e.